The average molecular weight is 264 g/mol. The van der Waals surface area contributed by atoms with E-state index < -0.39 is 0 Å². The Morgan fingerprint density at radius 1 is 1.39 bits per heavy atom. The summed E-state index contributed by atoms with van der Waals surface area (Å²) in [5.74, 6) is 1.73. The minimum atomic E-state index is -0.113. The molecule has 98 valence electrons. The van der Waals surface area contributed by atoms with Crippen LogP contribution in [0.5, 0.6) is 0 Å². The molecule has 2 rings (SSSR count). The molecule has 18 heavy (non-hydrogen) atoms. The standard InChI is InChI=1S/C14H20N2OS/c1-9-5-6-11(17-9)10(15)7-13-16-12(8-18-13)14(2,3)4/h5-6,8,10H,7,15H2,1-4H3. The summed E-state index contributed by atoms with van der Waals surface area (Å²) in [7, 11) is 0. The minimum Gasteiger partial charge on any atom is -0.465 e. The van der Waals surface area contributed by atoms with Gasteiger partial charge in [0.05, 0.1) is 16.7 Å². The van der Waals surface area contributed by atoms with Gasteiger partial charge in [0.25, 0.3) is 0 Å². The highest BCUT2D eigenvalue weighted by molar-refractivity contribution is 7.09. The van der Waals surface area contributed by atoms with E-state index in [1.165, 1.54) is 0 Å². The van der Waals surface area contributed by atoms with E-state index in [0.717, 1.165) is 28.6 Å². The summed E-state index contributed by atoms with van der Waals surface area (Å²) in [6.45, 7) is 8.43. The molecule has 0 saturated heterocycles. The number of nitrogens with two attached hydrogens (primary N) is 1. The van der Waals surface area contributed by atoms with Crippen LogP contribution in [-0.4, -0.2) is 4.98 Å². The molecule has 4 heteroatoms. The van der Waals surface area contributed by atoms with Crippen LogP contribution >= 0.6 is 11.3 Å². The summed E-state index contributed by atoms with van der Waals surface area (Å²) < 4.78 is 5.54. The van der Waals surface area contributed by atoms with Crippen LogP contribution in [0.15, 0.2) is 21.9 Å². The lowest BCUT2D eigenvalue weighted by molar-refractivity contribution is 0.444. The molecule has 0 aromatic carbocycles. The van der Waals surface area contributed by atoms with Gasteiger partial charge >= 0.3 is 0 Å². The predicted octanol–water partition coefficient (Wildman–Crippen LogP) is 3.58. The first-order valence-electron chi connectivity index (χ1n) is 6.13. The number of rotatable bonds is 3. The maximum atomic E-state index is 6.13. The number of aryl methyl sites for hydroxylation is 1. The topological polar surface area (TPSA) is 52.0 Å². The quantitative estimate of drug-likeness (QED) is 0.921. The summed E-state index contributed by atoms with van der Waals surface area (Å²) in [6.07, 6.45) is 0.730. The zero-order valence-corrected chi connectivity index (χ0v) is 12.2. The van der Waals surface area contributed by atoms with Crippen molar-refractivity contribution in [1.82, 2.24) is 4.98 Å². The molecule has 0 amide bonds. The highest BCUT2D eigenvalue weighted by atomic mass is 32.1. The van der Waals surface area contributed by atoms with E-state index in [4.69, 9.17) is 10.2 Å². The monoisotopic (exact) mass is 264 g/mol. The van der Waals surface area contributed by atoms with Crippen LogP contribution in [0.3, 0.4) is 0 Å². The molecule has 0 spiro atoms. The van der Waals surface area contributed by atoms with Gasteiger partial charge in [0, 0.05) is 17.2 Å². The van der Waals surface area contributed by atoms with Gasteiger partial charge in [-0.3, -0.25) is 0 Å². The summed E-state index contributed by atoms with van der Waals surface area (Å²) in [5, 5.41) is 3.19. The number of aromatic nitrogens is 1. The second-order valence-electron chi connectivity index (χ2n) is 5.64. The van der Waals surface area contributed by atoms with Gasteiger partial charge in [0.2, 0.25) is 0 Å². The van der Waals surface area contributed by atoms with Crippen molar-refractivity contribution in [3.05, 3.63) is 39.7 Å². The summed E-state index contributed by atoms with van der Waals surface area (Å²) in [5.41, 5.74) is 7.36. The first-order chi connectivity index (χ1) is 8.36. The first-order valence-corrected chi connectivity index (χ1v) is 7.01. The van der Waals surface area contributed by atoms with Crippen molar-refractivity contribution >= 4 is 11.3 Å². The third-order valence-corrected chi connectivity index (χ3v) is 3.71. The zero-order valence-electron chi connectivity index (χ0n) is 11.4. The Morgan fingerprint density at radius 3 is 2.61 bits per heavy atom. The second kappa shape index (κ2) is 4.86. The molecule has 0 radical (unpaired) electrons. The van der Waals surface area contributed by atoms with E-state index in [-0.39, 0.29) is 11.5 Å². The fourth-order valence-electron chi connectivity index (χ4n) is 1.69. The molecule has 1 atom stereocenters. The zero-order chi connectivity index (χ0) is 13.3. The largest absolute Gasteiger partial charge is 0.465 e. The number of furan rings is 1. The molecule has 2 N–H and O–H groups in total. The van der Waals surface area contributed by atoms with Gasteiger partial charge in [-0.1, -0.05) is 20.8 Å². The van der Waals surface area contributed by atoms with Gasteiger partial charge < -0.3 is 10.2 Å². The molecule has 0 bridgehead atoms. The Hall–Kier alpha value is -1.13. The van der Waals surface area contributed by atoms with Gasteiger partial charge in [-0.25, -0.2) is 4.98 Å². The molecule has 0 aliphatic carbocycles. The molecule has 0 fully saturated rings. The average Bonchev–Trinajstić information content (AvgIpc) is 2.85. The molecule has 1 unspecified atom stereocenters. The van der Waals surface area contributed by atoms with E-state index in [0.29, 0.717) is 0 Å². The Bertz CT molecular complexity index is 522. The van der Waals surface area contributed by atoms with Crippen molar-refractivity contribution in [3.8, 4) is 0 Å². The van der Waals surface area contributed by atoms with Gasteiger partial charge in [-0.05, 0) is 19.1 Å². The Balaban J connectivity index is 2.08. The van der Waals surface area contributed by atoms with Crippen molar-refractivity contribution < 1.29 is 4.42 Å². The van der Waals surface area contributed by atoms with Crippen molar-refractivity contribution in [1.29, 1.82) is 0 Å². The fraction of sp³-hybridized carbons (Fsp3) is 0.500. The number of hydrogen-bond acceptors (Lipinski definition) is 4. The van der Waals surface area contributed by atoms with Crippen molar-refractivity contribution in [3.63, 3.8) is 0 Å². The van der Waals surface area contributed by atoms with Crippen molar-refractivity contribution in [2.75, 3.05) is 0 Å². The maximum Gasteiger partial charge on any atom is 0.121 e. The van der Waals surface area contributed by atoms with E-state index >= 15 is 0 Å². The first kappa shape index (κ1) is 13.3. The van der Waals surface area contributed by atoms with Gasteiger partial charge in [0.1, 0.15) is 11.5 Å². The molecule has 2 aromatic heterocycles. The molecule has 0 saturated carbocycles. The molecule has 0 aliphatic rings. The number of hydrogen-bond donors (Lipinski definition) is 1. The van der Waals surface area contributed by atoms with Gasteiger partial charge in [-0.15, -0.1) is 11.3 Å². The maximum absolute atomic E-state index is 6.13. The molecule has 0 aliphatic heterocycles. The minimum absolute atomic E-state index is 0.0973. The molecular weight excluding hydrogens is 244 g/mol. The van der Waals surface area contributed by atoms with Crippen LogP contribution in [0.2, 0.25) is 0 Å². The van der Waals surface area contributed by atoms with Crippen molar-refractivity contribution in [2.45, 2.75) is 45.6 Å². The normalized spacial score (nSPS) is 13.8. The molecule has 2 heterocycles. The lowest BCUT2D eigenvalue weighted by atomic mass is 9.93. The lowest BCUT2D eigenvalue weighted by Crippen LogP contribution is -2.14. The van der Waals surface area contributed by atoms with Crippen LogP contribution in [0.25, 0.3) is 0 Å². The third-order valence-electron chi connectivity index (χ3n) is 2.84. The number of thiazole rings is 1. The van der Waals surface area contributed by atoms with E-state index in [1.54, 1.807) is 11.3 Å². The Labute approximate surface area is 112 Å². The van der Waals surface area contributed by atoms with Crippen LogP contribution in [0.1, 0.15) is 49.0 Å². The second-order valence-corrected chi connectivity index (χ2v) is 6.58. The highest BCUT2D eigenvalue weighted by Crippen LogP contribution is 2.26. The van der Waals surface area contributed by atoms with Gasteiger partial charge in [0.15, 0.2) is 0 Å². The number of nitrogens with zero attached hydrogens (tertiary/aromatic N) is 1. The fourth-order valence-corrected chi connectivity index (χ4v) is 2.77. The van der Waals surface area contributed by atoms with Crippen LogP contribution in [-0.2, 0) is 11.8 Å². The van der Waals surface area contributed by atoms with Crippen LogP contribution in [0, 0.1) is 6.92 Å². The van der Waals surface area contributed by atoms with Crippen molar-refractivity contribution in [2.24, 2.45) is 5.73 Å². The molecule has 3 nitrogen and oxygen atoms in total. The highest BCUT2D eigenvalue weighted by Gasteiger charge is 2.19. The molecular formula is C14H20N2OS. The summed E-state index contributed by atoms with van der Waals surface area (Å²) >= 11 is 1.67. The SMILES string of the molecule is Cc1ccc(C(N)Cc2nc(C(C)(C)C)cs2)o1. The summed E-state index contributed by atoms with van der Waals surface area (Å²) in [4.78, 5) is 4.65. The predicted molar refractivity (Wildman–Crippen MR) is 74.9 cm³/mol. The van der Waals surface area contributed by atoms with E-state index in [1.807, 2.05) is 19.1 Å². The van der Waals surface area contributed by atoms with Crippen LogP contribution in [0.4, 0.5) is 0 Å². The molecule has 2 aromatic rings. The summed E-state index contributed by atoms with van der Waals surface area (Å²) in [6, 6.07) is 3.77. The van der Waals surface area contributed by atoms with E-state index in [9.17, 15) is 0 Å². The van der Waals surface area contributed by atoms with Gasteiger partial charge in [-0.2, -0.15) is 0 Å². The van der Waals surface area contributed by atoms with E-state index in [2.05, 4.69) is 31.1 Å². The van der Waals surface area contributed by atoms with Crippen LogP contribution < -0.4 is 5.73 Å². The Kier molecular flexibility index (Phi) is 3.59. The Morgan fingerprint density at radius 2 is 2.11 bits per heavy atom. The smallest absolute Gasteiger partial charge is 0.121 e. The third kappa shape index (κ3) is 3.00. The lowest BCUT2D eigenvalue weighted by Gasteiger charge is -2.14.